The number of esters is 2. The van der Waals surface area contributed by atoms with E-state index < -0.39 is 35.2 Å². The molecule has 0 aliphatic carbocycles. The minimum Gasteiger partial charge on any atom is -0.465 e. The van der Waals surface area contributed by atoms with Gasteiger partial charge in [-0.25, -0.2) is 9.59 Å². The highest BCUT2D eigenvalue weighted by molar-refractivity contribution is 5.95. The molecule has 0 unspecified atom stereocenters. The molecule has 0 N–H and O–H groups in total. The van der Waals surface area contributed by atoms with Crippen molar-refractivity contribution in [1.29, 1.82) is 0 Å². The van der Waals surface area contributed by atoms with Crippen LogP contribution >= 0.6 is 0 Å². The predicted octanol–water partition coefficient (Wildman–Crippen LogP) is 1.87. The zero-order chi connectivity index (χ0) is 13.2. The van der Waals surface area contributed by atoms with Crippen LogP contribution in [-0.4, -0.2) is 26.2 Å². The summed E-state index contributed by atoms with van der Waals surface area (Å²) in [7, 11) is 1.88. The summed E-state index contributed by atoms with van der Waals surface area (Å²) in [4.78, 5) is 22.1. The van der Waals surface area contributed by atoms with E-state index in [9.17, 15) is 22.8 Å². The zero-order valence-electron chi connectivity index (χ0n) is 8.75. The number of hydrogen-bond donors (Lipinski definition) is 0. The van der Waals surface area contributed by atoms with Crippen LogP contribution in [0, 0.1) is 0 Å². The molecule has 0 saturated carbocycles. The first kappa shape index (κ1) is 13.1. The molecule has 5 nitrogen and oxygen atoms in total. The molecule has 0 aliphatic rings. The second-order valence-electron chi connectivity index (χ2n) is 2.83. The van der Waals surface area contributed by atoms with Crippen LogP contribution in [0.1, 0.15) is 26.7 Å². The summed E-state index contributed by atoms with van der Waals surface area (Å²) in [5.41, 5.74) is -0.875. The third-order valence-electron chi connectivity index (χ3n) is 1.78. The molecule has 0 atom stereocenters. The maximum absolute atomic E-state index is 12.5. The van der Waals surface area contributed by atoms with Gasteiger partial charge in [0, 0.05) is 6.07 Å². The van der Waals surface area contributed by atoms with Crippen LogP contribution in [0.25, 0.3) is 0 Å². The summed E-state index contributed by atoms with van der Waals surface area (Å²) in [5.74, 6) is -4.69. The van der Waals surface area contributed by atoms with Gasteiger partial charge in [0.25, 0.3) is 0 Å². The number of hydrogen-bond acceptors (Lipinski definition) is 5. The van der Waals surface area contributed by atoms with E-state index >= 15 is 0 Å². The van der Waals surface area contributed by atoms with Gasteiger partial charge in [-0.15, -0.1) is 0 Å². The summed E-state index contributed by atoms with van der Waals surface area (Å²) in [6.07, 6.45) is -4.91. The minimum atomic E-state index is -4.91. The molecular formula is C9H7F3O5. The Morgan fingerprint density at radius 3 is 2.12 bits per heavy atom. The van der Waals surface area contributed by atoms with Crippen molar-refractivity contribution >= 4 is 11.9 Å². The Kier molecular flexibility index (Phi) is 3.45. The average Bonchev–Trinajstić information content (AvgIpc) is 2.71. The van der Waals surface area contributed by atoms with Gasteiger partial charge < -0.3 is 13.9 Å². The Hall–Kier alpha value is -1.99. The quantitative estimate of drug-likeness (QED) is 0.752. The summed E-state index contributed by atoms with van der Waals surface area (Å²) in [6.45, 7) is 0. The maximum atomic E-state index is 12.5. The van der Waals surface area contributed by atoms with Gasteiger partial charge in [0.05, 0.1) is 14.2 Å². The number of methoxy groups -OCH3 is 2. The largest absolute Gasteiger partial charge is 0.465 e. The van der Waals surface area contributed by atoms with Crippen molar-refractivity contribution in [2.45, 2.75) is 6.18 Å². The van der Waals surface area contributed by atoms with Crippen molar-refractivity contribution in [3.05, 3.63) is 23.2 Å². The highest BCUT2D eigenvalue weighted by Crippen LogP contribution is 2.34. The van der Waals surface area contributed by atoms with Crippen molar-refractivity contribution in [3.8, 4) is 0 Å². The van der Waals surface area contributed by atoms with Crippen LogP contribution in [0.4, 0.5) is 13.2 Å². The van der Waals surface area contributed by atoms with Crippen LogP contribution in [0.2, 0.25) is 0 Å². The van der Waals surface area contributed by atoms with Crippen molar-refractivity contribution in [1.82, 2.24) is 0 Å². The fourth-order valence-electron chi connectivity index (χ4n) is 1.06. The highest BCUT2D eigenvalue weighted by atomic mass is 19.4. The van der Waals surface area contributed by atoms with E-state index in [1.165, 1.54) is 0 Å². The van der Waals surface area contributed by atoms with Crippen molar-refractivity contribution in [2.75, 3.05) is 14.2 Å². The Labute approximate surface area is 93.1 Å². The standard InChI is InChI=1S/C9H7F3O5/c1-15-7(13)4-3-5(8(14)16-2)17-6(4)9(10,11)12/h3H,1-2H3. The molecular weight excluding hydrogens is 245 g/mol. The molecule has 0 aliphatic heterocycles. The van der Waals surface area contributed by atoms with Gasteiger partial charge in [-0.05, 0) is 0 Å². The van der Waals surface area contributed by atoms with Gasteiger partial charge in [0.1, 0.15) is 5.56 Å². The van der Waals surface area contributed by atoms with E-state index in [0.29, 0.717) is 6.07 Å². The number of furan rings is 1. The van der Waals surface area contributed by atoms with Crippen LogP contribution in [-0.2, 0) is 15.7 Å². The molecule has 0 amide bonds. The molecule has 0 bridgehead atoms. The topological polar surface area (TPSA) is 65.7 Å². The van der Waals surface area contributed by atoms with Crippen molar-refractivity contribution in [3.63, 3.8) is 0 Å². The summed E-state index contributed by atoms with van der Waals surface area (Å²) in [6, 6.07) is 0.625. The van der Waals surface area contributed by atoms with Gasteiger partial charge in [-0.1, -0.05) is 0 Å². The predicted molar refractivity (Wildman–Crippen MR) is 46.4 cm³/mol. The summed E-state index contributed by atoms with van der Waals surface area (Å²) < 4.78 is 50.0. The Balaban J connectivity index is 3.31. The van der Waals surface area contributed by atoms with E-state index in [0.717, 1.165) is 14.2 Å². The number of ether oxygens (including phenoxy) is 2. The Morgan fingerprint density at radius 2 is 1.71 bits per heavy atom. The van der Waals surface area contributed by atoms with E-state index in [-0.39, 0.29) is 0 Å². The molecule has 0 fully saturated rings. The second-order valence-corrected chi connectivity index (χ2v) is 2.83. The first-order chi connectivity index (χ1) is 7.81. The van der Waals surface area contributed by atoms with E-state index in [4.69, 9.17) is 0 Å². The Bertz CT molecular complexity index is 446. The van der Waals surface area contributed by atoms with Crippen LogP contribution in [0.3, 0.4) is 0 Å². The smallest absolute Gasteiger partial charge is 0.450 e. The molecule has 0 aromatic carbocycles. The number of rotatable bonds is 2. The van der Waals surface area contributed by atoms with E-state index in [1.54, 1.807) is 0 Å². The van der Waals surface area contributed by atoms with Gasteiger partial charge in [0.2, 0.25) is 11.5 Å². The first-order valence-electron chi connectivity index (χ1n) is 4.19. The average molecular weight is 252 g/mol. The molecule has 8 heteroatoms. The number of carbonyl (C=O) groups is 2. The van der Waals surface area contributed by atoms with Gasteiger partial charge in [0.15, 0.2) is 0 Å². The zero-order valence-corrected chi connectivity index (χ0v) is 8.75. The molecule has 17 heavy (non-hydrogen) atoms. The Morgan fingerprint density at radius 1 is 1.18 bits per heavy atom. The number of carbonyl (C=O) groups excluding carboxylic acids is 2. The third kappa shape index (κ3) is 2.58. The fraction of sp³-hybridized carbons (Fsp3) is 0.333. The summed E-state index contributed by atoms with van der Waals surface area (Å²) in [5, 5.41) is 0. The van der Waals surface area contributed by atoms with Gasteiger partial charge >= 0.3 is 18.1 Å². The molecule has 1 heterocycles. The number of alkyl halides is 3. The molecule has 1 aromatic heterocycles. The van der Waals surface area contributed by atoms with Crippen molar-refractivity contribution < 1.29 is 36.7 Å². The highest BCUT2D eigenvalue weighted by Gasteiger charge is 2.41. The monoisotopic (exact) mass is 252 g/mol. The first-order valence-corrected chi connectivity index (χ1v) is 4.19. The lowest BCUT2D eigenvalue weighted by molar-refractivity contribution is -0.153. The van der Waals surface area contributed by atoms with Crippen LogP contribution in [0.5, 0.6) is 0 Å². The van der Waals surface area contributed by atoms with E-state index in [2.05, 4.69) is 13.9 Å². The normalized spacial score (nSPS) is 11.1. The lowest BCUT2D eigenvalue weighted by atomic mass is 10.2. The molecule has 94 valence electrons. The van der Waals surface area contributed by atoms with E-state index in [1.807, 2.05) is 0 Å². The molecule has 0 saturated heterocycles. The molecule has 1 rings (SSSR count). The SMILES string of the molecule is COC(=O)c1cc(C(=O)OC)c(C(F)(F)F)o1. The second kappa shape index (κ2) is 4.48. The third-order valence-corrected chi connectivity index (χ3v) is 1.78. The molecule has 0 radical (unpaired) electrons. The summed E-state index contributed by atoms with van der Waals surface area (Å²) >= 11 is 0. The van der Waals surface area contributed by atoms with Gasteiger partial charge in [-0.2, -0.15) is 13.2 Å². The minimum absolute atomic E-state index is 0.625. The fourth-order valence-corrected chi connectivity index (χ4v) is 1.06. The molecule has 0 spiro atoms. The maximum Gasteiger partial charge on any atom is 0.450 e. The van der Waals surface area contributed by atoms with Crippen LogP contribution < -0.4 is 0 Å². The van der Waals surface area contributed by atoms with Crippen molar-refractivity contribution in [2.24, 2.45) is 0 Å². The lowest BCUT2D eigenvalue weighted by Gasteiger charge is -2.04. The van der Waals surface area contributed by atoms with Crippen LogP contribution in [0.15, 0.2) is 10.5 Å². The lowest BCUT2D eigenvalue weighted by Crippen LogP contribution is -2.11. The molecule has 1 aromatic rings. The van der Waals surface area contributed by atoms with Gasteiger partial charge in [-0.3, -0.25) is 0 Å². The number of halogens is 3.